The van der Waals surface area contributed by atoms with Gasteiger partial charge in [-0.3, -0.25) is 4.98 Å². The lowest BCUT2D eigenvalue weighted by Gasteiger charge is -2.37. The molecule has 9 nitrogen and oxygen atoms in total. The molecule has 36 heavy (non-hydrogen) atoms. The highest BCUT2D eigenvalue weighted by molar-refractivity contribution is 5.64. The van der Waals surface area contributed by atoms with E-state index in [4.69, 9.17) is 4.98 Å². The van der Waals surface area contributed by atoms with Crippen molar-refractivity contribution in [2.75, 3.05) is 6.61 Å². The van der Waals surface area contributed by atoms with Crippen molar-refractivity contribution in [2.45, 2.75) is 44.1 Å². The predicted octanol–water partition coefficient (Wildman–Crippen LogP) is 3.02. The van der Waals surface area contributed by atoms with Gasteiger partial charge >= 0.3 is 0 Å². The molecule has 3 heterocycles. The molecule has 184 valence electrons. The second kappa shape index (κ2) is 7.90. The highest BCUT2D eigenvalue weighted by Gasteiger charge is 2.65. The Hall–Kier alpha value is -3.70. The fourth-order valence-electron chi connectivity index (χ4n) is 6.05. The second-order valence-electron chi connectivity index (χ2n) is 9.86. The first kappa shape index (κ1) is 22.7. The van der Waals surface area contributed by atoms with Crippen LogP contribution in [-0.4, -0.2) is 51.7 Å². The highest BCUT2D eigenvalue weighted by atomic mass is 19.1. The molecule has 0 aliphatic heterocycles. The van der Waals surface area contributed by atoms with Crippen LogP contribution in [0, 0.1) is 17.0 Å². The van der Waals surface area contributed by atoms with Crippen molar-refractivity contribution in [3.63, 3.8) is 0 Å². The zero-order chi connectivity index (χ0) is 25.2. The third-order valence-electron chi connectivity index (χ3n) is 7.88. The van der Waals surface area contributed by atoms with E-state index in [0.717, 1.165) is 24.1 Å². The number of halogens is 2. The minimum atomic E-state index is -1.19. The molecule has 2 bridgehead atoms. The van der Waals surface area contributed by atoms with Crippen LogP contribution < -0.4 is 0 Å². The molecule has 0 unspecified atom stereocenters. The van der Waals surface area contributed by atoms with Crippen LogP contribution in [0.2, 0.25) is 0 Å². The molecule has 2 aliphatic carbocycles. The Bertz CT molecular complexity index is 1470. The molecule has 2 N–H and O–H groups in total. The standard InChI is InChI=1S/C25H23F2N7O2/c1-24(2)14-6-7-25(24,19-9-28-10-20(30-19)34-12-29-23(33-34)18(36)11-35)22-13(14)8-17(31-32-22)21-15(26)4-3-5-16(21)27/h3-5,8-10,12,14,18,35-36H,6-7,11H2,1-2H3/t14-,18-,25-/m0/s1. The van der Waals surface area contributed by atoms with Crippen LogP contribution in [0.25, 0.3) is 17.1 Å². The van der Waals surface area contributed by atoms with Crippen LogP contribution in [0.1, 0.15) is 61.5 Å². The summed E-state index contributed by atoms with van der Waals surface area (Å²) in [6.45, 7) is 3.80. The van der Waals surface area contributed by atoms with Crippen molar-refractivity contribution < 1.29 is 19.0 Å². The van der Waals surface area contributed by atoms with Crippen molar-refractivity contribution in [2.24, 2.45) is 5.41 Å². The molecule has 4 aromatic rings. The maximum atomic E-state index is 14.5. The summed E-state index contributed by atoms with van der Waals surface area (Å²) in [5, 5.41) is 32.0. The molecule has 2 aliphatic rings. The van der Waals surface area contributed by atoms with Gasteiger partial charge in [0.25, 0.3) is 0 Å². The Morgan fingerprint density at radius 3 is 2.69 bits per heavy atom. The van der Waals surface area contributed by atoms with Crippen LogP contribution >= 0.6 is 0 Å². The molecule has 11 heteroatoms. The Kier molecular flexibility index (Phi) is 4.99. The van der Waals surface area contributed by atoms with Crippen LogP contribution in [-0.2, 0) is 5.41 Å². The highest BCUT2D eigenvalue weighted by Crippen LogP contribution is 2.69. The van der Waals surface area contributed by atoms with Gasteiger partial charge < -0.3 is 10.2 Å². The normalized spacial score (nSPS) is 22.6. The van der Waals surface area contributed by atoms with Crippen molar-refractivity contribution in [1.29, 1.82) is 0 Å². The Labute approximate surface area is 204 Å². The summed E-state index contributed by atoms with van der Waals surface area (Å²) in [6.07, 6.45) is 5.07. The monoisotopic (exact) mass is 491 g/mol. The maximum Gasteiger partial charge on any atom is 0.181 e. The number of nitrogens with zero attached hydrogens (tertiary/aromatic N) is 7. The largest absolute Gasteiger partial charge is 0.393 e. The number of rotatable bonds is 5. The zero-order valence-corrected chi connectivity index (χ0v) is 19.6. The molecule has 1 saturated carbocycles. The first-order valence-corrected chi connectivity index (χ1v) is 11.6. The van der Waals surface area contributed by atoms with Gasteiger partial charge in [-0.05, 0) is 47.9 Å². The number of aliphatic hydroxyl groups is 2. The van der Waals surface area contributed by atoms with E-state index in [9.17, 15) is 19.0 Å². The lowest BCUT2D eigenvalue weighted by Crippen LogP contribution is -2.38. The average Bonchev–Trinajstić information content (AvgIpc) is 3.52. The van der Waals surface area contributed by atoms with Gasteiger partial charge in [-0.1, -0.05) is 19.9 Å². The predicted molar refractivity (Wildman–Crippen MR) is 123 cm³/mol. The smallest absolute Gasteiger partial charge is 0.181 e. The fourth-order valence-corrected chi connectivity index (χ4v) is 6.05. The van der Waals surface area contributed by atoms with E-state index in [2.05, 4.69) is 39.1 Å². The molecule has 1 aromatic carbocycles. The van der Waals surface area contributed by atoms with Gasteiger partial charge in [-0.2, -0.15) is 5.10 Å². The van der Waals surface area contributed by atoms with Gasteiger partial charge in [0.05, 0.1) is 40.9 Å². The zero-order valence-electron chi connectivity index (χ0n) is 19.6. The number of hydrogen-bond donors (Lipinski definition) is 2. The molecule has 3 atom stereocenters. The van der Waals surface area contributed by atoms with Gasteiger partial charge in [0.15, 0.2) is 11.6 Å². The summed E-state index contributed by atoms with van der Waals surface area (Å²) >= 11 is 0. The van der Waals surface area contributed by atoms with E-state index in [-0.39, 0.29) is 28.4 Å². The van der Waals surface area contributed by atoms with Crippen LogP contribution in [0.3, 0.4) is 0 Å². The first-order valence-electron chi connectivity index (χ1n) is 11.6. The second-order valence-corrected chi connectivity index (χ2v) is 9.86. The van der Waals surface area contributed by atoms with Gasteiger partial charge in [0, 0.05) is 6.20 Å². The van der Waals surface area contributed by atoms with Crippen molar-refractivity contribution in [3.05, 3.63) is 77.4 Å². The third kappa shape index (κ3) is 2.99. The SMILES string of the molecule is CC1(C)[C@H]2CC[C@]1(c1cncc(-n3cnc([C@@H](O)CO)n3)n1)c1nnc(-c3c(F)cccc3F)cc12. The summed E-state index contributed by atoms with van der Waals surface area (Å²) in [4.78, 5) is 13.3. The van der Waals surface area contributed by atoms with Crippen molar-refractivity contribution in [1.82, 2.24) is 34.9 Å². The van der Waals surface area contributed by atoms with Crippen molar-refractivity contribution >= 4 is 0 Å². The lowest BCUT2D eigenvalue weighted by atomic mass is 9.66. The molecule has 6 rings (SSSR count). The molecule has 3 aromatic heterocycles. The average molecular weight is 492 g/mol. The molecule has 0 radical (unpaired) electrons. The number of fused-ring (bicyclic) bond motifs is 5. The topological polar surface area (TPSA) is 123 Å². The van der Waals surface area contributed by atoms with E-state index in [0.29, 0.717) is 11.5 Å². The number of aliphatic hydroxyl groups excluding tert-OH is 2. The number of hydrogen-bond acceptors (Lipinski definition) is 8. The Morgan fingerprint density at radius 2 is 1.94 bits per heavy atom. The fraction of sp³-hybridized carbons (Fsp3) is 0.360. The minimum absolute atomic E-state index is 0.0779. The Balaban J connectivity index is 1.47. The molecule has 0 amide bonds. The van der Waals surface area contributed by atoms with E-state index in [1.165, 1.54) is 35.4 Å². The molecule has 0 saturated heterocycles. The van der Waals surface area contributed by atoms with Gasteiger partial charge in [0.2, 0.25) is 0 Å². The van der Waals surface area contributed by atoms with Crippen molar-refractivity contribution in [3.8, 4) is 17.1 Å². The van der Waals surface area contributed by atoms with Gasteiger partial charge in [0.1, 0.15) is 24.1 Å². The van der Waals surface area contributed by atoms with Gasteiger partial charge in [-0.15, -0.1) is 10.2 Å². The lowest BCUT2D eigenvalue weighted by molar-refractivity contribution is 0.0887. The summed E-state index contributed by atoms with van der Waals surface area (Å²) in [6, 6.07) is 5.50. The number of aromatic nitrogens is 7. The summed E-state index contributed by atoms with van der Waals surface area (Å²) in [5.41, 5.74) is 1.40. The Morgan fingerprint density at radius 1 is 1.17 bits per heavy atom. The molecule has 1 fully saturated rings. The first-order chi connectivity index (χ1) is 17.3. The molecular weight excluding hydrogens is 468 g/mol. The molecular formula is C25H23F2N7O2. The van der Waals surface area contributed by atoms with E-state index in [1.54, 1.807) is 12.3 Å². The minimum Gasteiger partial charge on any atom is -0.393 e. The third-order valence-corrected chi connectivity index (χ3v) is 7.88. The molecule has 0 spiro atoms. The van der Waals surface area contributed by atoms with Crippen LogP contribution in [0.15, 0.2) is 43.0 Å². The number of benzene rings is 1. The van der Waals surface area contributed by atoms with E-state index >= 15 is 0 Å². The van der Waals surface area contributed by atoms with E-state index < -0.39 is 29.8 Å². The summed E-state index contributed by atoms with van der Waals surface area (Å²) in [7, 11) is 0. The maximum absolute atomic E-state index is 14.5. The quantitative estimate of drug-likeness (QED) is 0.437. The van der Waals surface area contributed by atoms with E-state index in [1.807, 2.05) is 0 Å². The van der Waals surface area contributed by atoms with Crippen LogP contribution in [0.4, 0.5) is 8.78 Å². The van der Waals surface area contributed by atoms with Crippen LogP contribution in [0.5, 0.6) is 0 Å². The summed E-state index contributed by atoms with van der Waals surface area (Å²) < 4.78 is 30.4. The summed E-state index contributed by atoms with van der Waals surface area (Å²) in [5.74, 6) is -0.790. The van der Waals surface area contributed by atoms with Gasteiger partial charge in [-0.25, -0.2) is 23.4 Å².